The maximum atomic E-state index is 6.14. The summed E-state index contributed by atoms with van der Waals surface area (Å²) in [6, 6.07) is 12.1. The first-order valence-corrected chi connectivity index (χ1v) is 9.90. The highest BCUT2D eigenvalue weighted by molar-refractivity contribution is 6.41. The Kier molecular flexibility index (Phi) is 7.01. The summed E-state index contributed by atoms with van der Waals surface area (Å²) in [6.45, 7) is 4.68. The van der Waals surface area contributed by atoms with Gasteiger partial charge >= 0.3 is 0 Å². The summed E-state index contributed by atoms with van der Waals surface area (Å²) in [6.07, 6.45) is 3.75. The minimum absolute atomic E-state index is 0.535. The van der Waals surface area contributed by atoms with Gasteiger partial charge in [0.05, 0.1) is 24.7 Å². The molecule has 148 valence electrons. The van der Waals surface area contributed by atoms with E-state index < -0.39 is 0 Å². The van der Waals surface area contributed by atoms with E-state index in [4.69, 9.17) is 28.2 Å². The number of hydrogen-bond acceptors (Lipinski definition) is 2. The molecule has 2 N–H and O–H groups in total. The van der Waals surface area contributed by atoms with Crippen LogP contribution < -0.4 is 10.6 Å². The van der Waals surface area contributed by atoms with Crippen molar-refractivity contribution in [3.8, 4) is 0 Å². The molecule has 0 saturated carbocycles. The van der Waals surface area contributed by atoms with Crippen LogP contribution in [0.2, 0.25) is 10.2 Å². The highest BCUT2D eigenvalue weighted by Crippen LogP contribution is 2.24. The van der Waals surface area contributed by atoms with E-state index in [2.05, 4.69) is 27.9 Å². The summed E-state index contributed by atoms with van der Waals surface area (Å²) in [7, 11) is 1.89. The normalized spacial score (nSPS) is 11.6. The molecule has 6 nitrogen and oxygen atoms in total. The molecule has 1 aromatic carbocycles. The van der Waals surface area contributed by atoms with E-state index in [1.165, 1.54) is 11.1 Å². The average Bonchev–Trinajstić information content (AvgIpc) is 3.29. The molecular formula is C20H24Cl2N6. The molecule has 0 aliphatic heterocycles. The molecule has 0 spiro atoms. The molecule has 28 heavy (non-hydrogen) atoms. The van der Waals surface area contributed by atoms with Crippen LogP contribution in [0.1, 0.15) is 23.7 Å². The molecule has 2 heterocycles. The molecule has 0 aliphatic rings. The van der Waals surface area contributed by atoms with Crippen LogP contribution in [0.5, 0.6) is 0 Å². The first kappa shape index (κ1) is 20.3. The van der Waals surface area contributed by atoms with Crippen LogP contribution in [0.4, 0.5) is 0 Å². The zero-order valence-corrected chi connectivity index (χ0v) is 17.5. The third-order valence-electron chi connectivity index (χ3n) is 4.41. The second-order valence-electron chi connectivity index (χ2n) is 6.35. The zero-order valence-electron chi connectivity index (χ0n) is 16.0. The summed E-state index contributed by atoms with van der Waals surface area (Å²) in [4.78, 5) is 4.74. The van der Waals surface area contributed by atoms with Gasteiger partial charge in [0.25, 0.3) is 0 Å². The highest BCUT2D eigenvalue weighted by atomic mass is 35.5. The van der Waals surface area contributed by atoms with E-state index in [1.54, 1.807) is 6.20 Å². The monoisotopic (exact) mass is 418 g/mol. The Morgan fingerprint density at radius 1 is 1.14 bits per heavy atom. The van der Waals surface area contributed by atoms with Crippen molar-refractivity contribution in [2.45, 2.75) is 26.6 Å². The van der Waals surface area contributed by atoms with Crippen molar-refractivity contribution < 1.29 is 0 Å². The SMILES string of the molecule is CCNC(=NCc1ccccc1Cn1cccn1)NCc1cc(Cl)c(Cl)n1C. The van der Waals surface area contributed by atoms with E-state index in [9.17, 15) is 0 Å². The number of aliphatic imine (C=N–C) groups is 1. The van der Waals surface area contributed by atoms with E-state index >= 15 is 0 Å². The molecule has 0 saturated heterocycles. The van der Waals surface area contributed by atoms with Crippen LogP contribution in [0.3, 0.4) is 0 Å². The third kappa shape index (κ3) is 5.09. The molecule has 0 unspecified atom stereocenters. The average molecular weight is 419 g/mol. The van der Waals surface area contributed by atoms with Gasteiger partial charge < -0.3 is 15.2 Å². The van der Waals surface area contributed by atoms with Crippen molar-refractivity contribution in [2.24, 2.45) is 12.0 Å². The number of nitrogens with one attached hydrogen (secondary N) is 2. The maximum Gasteiger partial charge on any atom is 0.191 e. The fraction of sp³-hybridized carbons (Fsp3) is 0.300. The molecule has 0 atom stereocenters. The van der Waals surface area contributed by atoms with Gasteiger partial charge in [-0.3, -0.25) is 4.68 Å². The summed E-state index contributed by atoms with van der Waals surface area (Å²) in [5.74, 6) is 0.741. The molecule has 0 amide bonds. The summed E-state index contributed by atoms with van der Waals surface area (Å²) < 4.78 is 3.77. The molecule has 3 aromatic rings. The van der Waals surface area contributed by atoms with Crippen molar-refractivity contribution in [1.82, 2.24) is 25.0 Å². The molecule has 2 aromatic heterocycles. The lowest BCUT2D eigenvalue weighted by Crippen LogP contribution is -2.37. The van der Waals surface area contributed by atoms with Crippen molar-refractivity contribution in [3.05, 3.63) is 75.8 Å². The van der Waals surface area contributed by atoms with Gasteiger partial charge in [-0.2, -0.15) is 5.10 Å². The fourth-order valence-corrected chi connectivity index (χ4v) is 3.29. The van der Waals surface area contributed by atoms with Crippen LogP contribution in [-0.4, -0.2) is 26.9 Å². The number of halogens is 2. The van der Waals surface area contributed by atoms with Crippen LogP contribution in [0.15, 0.2) is 53.8 Å². The van der Waals surface area contributed by atoms with Crippen LogP contribution in [0, 0.1) is 0 Å². The Labute approximate surface area is 175 Å². The van der Waals surface area contributed by atoms with Gasteiger partial charge in [0.15, 0.2) is 5.96 Å². The van der Waals surface area contributed by atoms with Gasteiger partial charge in [0.1, 0.15) is 5.15 Å². The lowest BCUT2D eigenvalue weighted by molar-refractivity contribution is 0.680. The Hall–Kier alpha value is -2.44. The largest absolute Gasteiger partial charge is 0.357 e. The van der Waals surface area contributed by atoms with Crippen molar-refractivity contribution in [2.75, 3.05) is 6.54 Å². The molecule has 0 bridgehead atoms. The van der Waals surface area contributed by atoms with Crippen LogP contribution >= 0.6 is 23.2 Å². The first-order valence-electron chi connectivity index (χ1n) is 9.14. The third-order valence-corrected chi connectivity index (χ3v) is 5.26. The number of nitrogens with zero attached hydrogens (tertiary/aromatic N) is 4. The lowest BCUT2D eigenvalue weighted by atomic mass is 10.1. The van der Waals surface area contributed by atoms with Crippen LogP contribution in [-0.2, 0) is 26.7 Å². The Morgan fingerprint density at radius 3 is 2.57 bits per heavy atom. The molecule has 3 rings (SSSR count). The molecule has 0 aliphatic carbocycles. The van der Waals surface area contributed by atoms with Gasteiger partial charge in [-0.1, -0.05) is 47.5 Å². The number of aromatic nitrogens is 3. The second kappa shape index (κ2) is 9.66. The van der Waals surface area contributed by atoms with E-state index in [0.717, 1.165) is 24.7 Å². The fourth-order valence-electron chi connectivity index (χ4n) is 2.87. The van der Waals surface area contributed by atoms with Crippen molar-refractivity contribution in [1.29, 1.82) is 0 Å². The lowest BCUT2D eigenvalue weighted by Gasteiger charge is -2.13. The standard InChI is InChI=1S/C20H24Cl2N6/c1-3-23-20(25-13-17-11-18(21)19(22)27(17)2)24-12-15-7-4-5-8-16(15)14-28-10-6-9-26-28/h4-11H,3,12-14H2,1-2H3,(H2,23,24,25). The van der Waals surface area contributed by atoms with Gasteiger partial charge in [0, 0.05) is 31.7 Å². The van der Waals surface area contributed by atoms with Gasteiger partial charge in [0.2, 0.25) is 0 Å². The maximum absolute atomic E-state index is 6.14. The number of guanidine groups is 1. The smallest absolute Gasteiger partial charge is 0.191 e. The summed E-state index contributed by atoms with van der Waals surface area (Å²) >= 11 is 12.2. The van der Waals surface area contributed by atoms with Gasteiger partial charge in [-0.05, 0) is 30.2 Å². The second-order valence-corrected chi connectivity index (χ2v) is 7.12. The quantitative estimate of drug-likeness (QED) is 0.452. The minimum atomic E-state index is 0.535. The van der Waals surface area contributed by atoms with Crippen molar-refractivity contribution in [3.63, 3.8) is 0 Å². The molecule has 8 heteroatoms. The highest BCUT2D eigenvalue weighted by Gasteiger charge is 2.09. The number of hydrogen-bond donors (Lipinski definition) is 2. The Bertz CT molecular complexity index is 930. The zero-order chi connectivity index (χ0) is 19.9. The van der Waals surface area contributed by atoms with Gasteiger partial charge in [-0.25, -0.2) is 4.99 Å². The van der Waals surface area contributed by atoms with Gasteiger partial charge in [-0.15, -0.1) is 0 Å². The minimum Gasteiger partial charge on any atom is -0.357 e. The molecule has 0 radical (unpaired) electrons. The Morgan fingerprint density at radius 2 is 1.93 bits per heavy atom. The topological polar surface area (TPSA) is 59.2 Å². The number of benzene rings is 1. The van der Waals surface area contributed by atoms with Crippen LogP contribution in [0.25, 0.3) is 0 Å². The Balaban J connectivity index is 1.70. The van der Waals surface area contributed by atoms with E-state index in [1.807, 2.05) is 53.7 Å². The predicted molar refractivity (Wildman–Crippen MR) is 115 cm³/mol. The molecule has 0 fully saturated rings. The van der Waals surface area contributed by atoms with E-state index in [0.29, 0.717) is 23.3 Å². The predicted octanol–water partition coefficient (Wildman–Crippen LogP) is 3.83. The number of rotatable bonds is 7. The molecular weight excluding hydrogens is 395 g/mol. The summed E-state index contributed by atoms with van der Waals surface area (Å²) in [5, 5.41) is 12.0. The first-order chi connectivity index (χ1) is 13.6. The van der Waals surface area contributed by atoms with Crippen molar-refractivity contribution >= 4 is 29.2 Å². The van der Waals surface area contributed by atoms with E-state index in [-0.39, 0.29) is 0 Å². The summed E-state index contributed by atoms with van der Waals surface area (Å²) in [5.41, 5.74) is 3.35.